The Morgan fingerprint density at radius 1 is 1.30 bits per heavy atom. The maximum absolute atomic E-state index is 12.7. The van der Waals surface area contributed by atoms with Crippen LogP contribution in [0.4, 0.5) is 13.2 Å². The van der Waals surface area contributed by atoms with Crippen LogP contribution >= 0.6 is 15.9 Å². The third kappa shape index (κ3) is 5.66. The van der Waals surface area contributed by atoms with Gasteiger partial charge in [0.15, 0.2) is 0 Å². The van der Waals surface area contributed by atoms with Gasteiger partial charge in [0, 0.05) is 17.3 Å². The lowest BCUT2D eigenvalue weighted by Crippen LogP contribution is -2.23. The van der Waals surface area contributed by atoms with Crippen LogP contribution < -0.4 is 5.32 Å². The van der Waals surface area contributed by atoms with Crippen LogP contribution in [0.2, 0.25) is 0 Å². The molecule has 1 rings (SSSR count). The third-order valence-electron chi connectivity index (χ3n) is 2.37. The number of amides is 1. The van der Waals surface area contributed by atoms with Gasteiger partial charge in [0.2, 0.25) is 5.91 Å². The number of carbonyl (C=O) groups excluding carboxylic acids is 1. The van der Waals surface area contributed by atoms with Crippen LogP contribution in [0.5, 0.6) is 0 Å². The summed E-state index contributed by atoms with van der Waals surface area (Å²) in [5.74, 6) is 4.80. The van der Waals surface area contributed by atoms with Crippen molar-refractivity contribution in [1.29, 1.82) is 0 Å². The van der Waals surface area contributed by atoms with E-state index in [1.54, 1.807) is 0 Å². The molecule has 1 amide bonds. The maximum Gasteiger partial charge on any atom is 0.417 e. The molecule has 0 fully saturated rings. The molecule has 0 aliphatic rings. The highest BCUT2D eigenvalue weighted by atomic mass is 79.9. The summed E-state index contributed by atoms with van der Waals surface area (Å²) >= 11 is 3.20. The minimum atomic E-state index is -4.43. The molecule has 20 heavy (non-hydrogen) atoms. The first-order chi connectivity index (χ1) is 9.45. The van der Waals surface area contributed by atoms with Crippen LogP contribution in [0, 0.1) is 11.8 Å². The first-order valence-electron chi connectivity index (χ1n) is 5.93. The molecule has 0 atom stereocenters. The summed E-state index contributed by atoms with van der Waals surface area (Å²) in [5, 5.41) is 3.26. The summed E-state index contributed by atoms with van der Waals surface area (Å²) in [6.45, 7) is 0.0350. The van der Waals surface area contributed by atoms with Crippen molar-refractivity contribution in [3.05, 3.63) is 35.4 Å². The van der Waals surface area contributed by atoms with E-state index in [1.165, 1.54) is 18.2 Å². The minimum absolute atomic E-state index is 0.0350. The van der Waals surface area contributed by atoms with Crippen LogP contribution in [0.3, 0.4) is 0 Å². The Morgan fingerprint density at radius 3 is 2.65 bits per heavy atom. The Labute approximate surface area is 123 Å². The minimum Gasteiger partial charge on any atom is -0.345 e. The van der Waals surface area contributed by atoms with Gasteiger partial charge >= 0.3 is 6.18 Å². The number of benzene rings is 1. The maximum atomic E-state index is 12.7. The molecular formula is C14H13BrF3NO. The molecule has 1 aromatic rings. The van der Waals surface area contributed by atoms with E-state index in [1.807, 2.05) is 0 Å². The Hall–Kier alpha value is -1.48. The second kappa shape index (κ2) is 7.95. The van der Waals surface area contributed by atoms with Gasteiger partial charge in [0.25, 0.3) is 0 Å². The molecule has 0 bridgehead atoms. The van der Waals surface area contributed by atoms with E-state index in [0.717, 1.165) is 11.4 Å². The predicted octanol–water partition coefficient (Wildman–Crippen LogP) is 3.35. The lowest BCUT2D eigenvalue weighted by atomic mass is 10.1. The average Bonchev–Trinajstić information content (AvgIpc) is 2.40. The van der Waals surface area contributed by atoms with Crippen molar-refractivity contribution in [2.45, 2.75) is 19.0 Å². The Bertz CT molecular complexity index is 517. The summed E-state index contributed by atoms with van der Waals surface area (Å²) in [6, 6.07) is 5.10. The van der Waals surface area contributed by atoms with E-state index in [2.05, 4.69) is 33.1 Å². The van der Waals surface area contributed by atoms with E-state index in [0.29, 0.717) is 12.8 Å². The Morgan fingerprint density at radius 2 is 2.00 bits per heavy atom. The van der Waals surface area contributed by atoms with Crippen molar-refractivity contribution >= 4 is 21.8 Å². The molecule has 1 aromatic carbocycles. The number of carbonyl (C=O) groups is 1. The smallest absolute Gasteiger partial charge is 0.345 e. The summed E-state index contributed by atoms with van der Waals surface area (Å²) in [5.41, 5.74) is -0.854. The van der Waals surface area contributed by atoms with E-state index in [4.69, 9.17) is 0 Å². The number of nitrogens with one attached hydrogen (secondary N) is 1. The van der Waals surface area contributed by atoms with Crippen molar-refractivity contribution in [3.8, 4) is 11.8 Å². The SMILES string of the molecule is O=C(CCCBr)NCC#Cc1ccccc1C(F)(F)F. The highest BCUT2D eigenvalue weighted by molar-refractivity contribution is 9.09. The van der Waals surface area contributed by atoms with Gasteiger partial charge in [-0.15, -0.1) is 0 Å². The van der Waals surface area contributed by atoms with Gasteiger partial charge in [0.1, 0.15) is 0 Å². The number of rotatable bonds is 4. The lowest BCUT2D eigenvalue weighted by molar-refractivity contribution is -0.137. The Balaban J connectivity index is 2.62. The first kappa shape index (κ1) is 16.6. The molecular weight excluding hydrogens is 335 g/mol. The topological polar surface area (TPSA) is 29.1 Å². The van der Waals surface area contributed by atoms with Gasteiger partial charge in [-0.05, 0) is 18.6 Å². The van der Waals surface area contributed by atoms with Gasteiger partial charge in [-0.25, -0.2) is 0 Å². The number of alkyl halides is 4. The summed E-state index contributed by atoms with van der Waals surface area (Å²) in [7, 11) is 0. The second-order valence-corrected chi connectivity index (χ2v) is 4.71. The molecule has 0 unspecified atom stereocenters. The zero-order valence-corrected chi connectivity index (χ0v) is 12.1. The molecule has 0 heterocycles. The van der Waals surface area contributed by atoms with Crippen molar-refractivity contribution < 1.29 is 18.0 Å². The molecule has 0 saturated carbocycles. The van der Waals surface area contributed by atoms with Crippen LogP contribution in [0.25, 0.3) is 0 Å². The van der Waals surface area contributed by atoms with Crippen LogP contribution in [0.1, 0.15) is 24.0 Å². The molecule has 0 aliphatic carbocycles. The van der Waals surface area contributed by atoms with Gasteiger partial charge in [0.05, 0.1) is 12.1 Å². The zero-order chi connectivity index (χ0) is 15.0. The van der Waals surface area contributed by atoms with Gasteiger partial charge in [-0.2, -0.15) is 13.2 Å². The molecule has 108 valence electrons. The second-order valence-electron chi connectivity index (χ2n) is 3.91. The molecule has 0 aliphatic heterocycles. The fourth-order valence-corrected chi connectivity index (χ4v) is 1.72. The standard InChI is InChI=1S/C14H13BrF3NO/c15-9-3-8-13(20)19-10-4-6-11-5-1-2-7-12(11)14(16,17)18/h1-2,5,7H,3,8-10H2,(H,19,20). The van der Waals surface area contributed by atoms with Gasteiger partial charge in [-0.3, -0.25) is 4.79 Å². The van der Waals surface area contributed by atoms with E-state index in [-0.39, 0.29) is 18.0 Å². The molecule has 2 nitrogen and oxygen atoms in total. The zero-order valence-electron chi connectivity index (χ0n) is 10.6. The molecule has 0 radical (unpaired) electrons. The quantitative estimate of drug-likeness (QED) is 0.656. The van der Waals surface area contributed by atoms with Gasteiger partial charge in [-0.1, -0.05) is 39.9 Å². The normalized spacial score (nSPS) is 10.6. The largest absolute Gasteiger partial charge is 0.417 e. The third-order valence-corrected chi connectivity index (χ3v) is 2.93. The van der Waals surface area contributed by atoms with Crippen LogP contribution in [0.15, 0.2) is 24.3 Å². The number of halogens is 4. The summed E-state index contributed by atoms with van der Waals surface area (Å²) in [4.78, 5) is 11.3. The molecule has 6 heteroatoms. The van der Waals surface area contributed by atoms with Crippen LogP contribution in [-0.2, 0) is 11.0 Å². The van der Waals surface area contributed by atoms with E-state index >= 15 is 0 Å². The van der Waals surface area contributed by atoms with E-state index < -0.39 is 11.7 Å². The Kier molecular flexibility index (Phi) is 6.59. The molecule has 0 spiro atoms. The summed E-state index contributed by atoms with van der Waals surface area (Å²) in [6.07, 6.45) is -3.35. The predicted molar refractivity (Wildman–Crippen MR) is 74.4 cm³/mol. The summed E-state index contributed by atoms with van der Waals surface area (Å²) < 4.78 is 38.0. The lowest BCUT2D eigenvalue weighted by Gasteiger charge is -2.08. The highest BCUT2D eigenvalue weighted by Gasteiger charge is 2.32. The average molecular weight is 348 g/mol. The van der Waals surface area contributed by atoms with Crippen molar-refractivity contribution in [1.82, 2.24) is 5.32 Å². The fraction of sp³-hybridized carbons (Fsp3) is 0.357. The van der Waals surface area contributed by atoms with Crippen molar-refractivity contribution in [2.75, 3.05) is 11.9 Å². The molecule has 1 N–H and O–H groups in total. The number of hydrogen-bond donors (Lipinski definition) is 1. The fourth-order valence-electron chi connectivity index (χ4n) is 1.44. The highest BCUT2D eigenvalue weighted by Crippen LogP contribution is 2.31. The molecule has 0 saturated heterocycles. The van der Waals surface area contributed by atoms with Crippen LogP contribution in [-0.4, -0.2) is 17.8 Å². The van der Waals surface area contributed by atoms with Crippen molar-refractivity contribution in [2.24, 2.45) is 0 Å². The van der Waals surface area contributed by atoms with E-state index in [9.17, 15) is 18.0 Å². The molecule has 0 aromatic heterocycles. The van der Waals surface area contributed by atoms with Crippen molar-refractivity contribution in [3.63, 3.8) is 0 Å². The van der Waals surface area contributed by atoms with Gasteiger partial charge < -0.3 is 5.32 Å². The first-order valence-corrected chi connectivity index (χ1v) is 7.05. The monoisotopic (exact) mass is 347 g/mol. The number of hydrogen-bond acceptors (Lipinski definition) is 1.